The van der Waals surface area contributed by atoms with E-state index in [1.807, 2.05) is 0 Å². The number of rotatable bonds is 4. The van der Waals surface area contributed by atoms with Crippen LogP contribution < -0.4 is 10.1 Å². The molecular formula is C13H12F3N3OS. The Balaban J connectivity index is 2.29. The zero-order valence-electron chi connectivity index (χ0n) is 11.2. The van der Waals surface area contributed by atoms with E-state index in [0.717, 1.165) is 22.7 Å². The molecule has 0 radical (unpaired) electrons. The van der Waals surface area contributed by atoms with Gasteiger partial charge in [0.15, 0.2) is 5.69 Å². The molecule has 1 aromatic heterocycles. The van der Waals surface area contributed by atoms with Gasteiger partial charge in [-0.2, -0.15) is 13.2 Å². The average molecular weight is 315 g/mol. The molecular weight excluding hydrogens is 303 g/mol. The molecule has 0 fully saturated rings. The van der Waals surface area contributed by atoms with Crippen LogP contribution >= 0.6 is 11.8 Å². The smallest absolute Gasteiger partial charge is 0.433 e. The first kappa shape index (κ1) is 15.4. The van der Waals surface area contributed by atoms with Crippen molar-refractivity contribution < 1.29 is 17.9 Å². The molecule has 0 atom stereocenters. The van der Waals surface area contributed by atoms with Crippen molar-refractivity contribution in [1.82, 2.24) is 9.97 Å². The Morgan fingerprint density at radius 1 is 1.14 bits per heavy atom. The van der Waals surface area contributed by atoms with Gasteiger partial charge in [0, 0.05) is 18.0 Å². The van der Waals surface area contributed by atoms with Gasteiger partial charge in [-0.05, 0) is 24.3 Å². The lowest BCUT2D eigenvalue weighted by Crippen LogP contribution is -2.11. The Bertz CT molecular complexity index is 617. The maximum Gasteiger partial charge on any atom is 0.433 e. The topological polar surface area (TPSA) is 47.0 Å². The fraction of sp³-hybridized carbons (Fsp3) is 0.231. The Morgan fingerprint density at radius 2 is 1.81 bits per heavy atom. The summed E-state index contributed by atoms with van der Waals surface area (Å²) in [5, 5.41) is 2.74. The highest BCUT2D eigenvalue weighted by Gasteiger charge is 2.33. The first-order valence-electron chi connectivity index (χ1n) is 5.88. The predicted octanol–water partition coefficient (Wildman–Crippen LogP) is 3.70. The third-order valence-corrected chi connectivity index (χ3v) is 3.42. The molecule has 8 heteroatoms. The van der Waals surface area contributed by atoms with Gasteiger partial charge in [-0.1, -0.05) is 11.8 Å². The molecule has 1 N–H and O–H groups in total. The van der Waals surface area contributed by atoms with E-state index in [1.165, 1.54) is 7.05 Å². The zero-order valence-corrected chi connectivity index (χ0v) is 12.0. The maximum atomic E-state index is 12.8. The van der Waals surface area contributed by atoms with Crippen molar-refractivity contribution in [1.29, 1.82) is 0 Å². The lowest BCUT2D eigenvalue weighted by atomic mass is 10.3. The van der Waals surface area contributed by atoms with Crippen LogP contribution in [0.1, 0.15) is 5.69 Å². The highest BCUT2D eigenvalue weighted by atomic mass is 32.2. The summed E-state index contributed by atoms with van der Waals surface area (Å²) in [5.41, 5.74) is -0.974. The number of nitrogens with zero attached hydrogens (tertiary/aromatic N) is 2. The van der Waals surface area contributed by atoms with Crippen molar-refractivity contribution in [2.75, 3.05) is 19.5 Å². The molecule has 1 aromatic carbocycles. The summed E-state index contributed by atoms with van der Waals surface area (Å²) in [6.07, 6.45) is -4.51. The van der Waals surface area contributed by atoms with E-state index in [0.29, 0.717) is 5.75 Å². The van der Waals surface area contributed by atoms with Gasteiger partial charge < -0.3 is 10.1 Å². The second kappa shape index (κ2) is 6.21. The van der Waals surface area contributed by atoms with Gasteiger partial charge in [0.1, 0.15) is 10.8 Å². The summed E-state index contributed by atoms with van der Waals surface area (Å²) < 4.78 is 43.4. The third kappa shape index (κ3) is 4.01. The normalized spacial score (nSPS) is 11.3. The molecule has 1 heterocycles. The Hall–Kier alpha value is -1.96. The number of ether oxygens (including phenoxy) is 1. The number of hydrogen-bond acceptors (Lipinski definition) is 5. The summed E-state index contributed by atoms with van der Waals surface area (Å²) in [5.74, 6) is 0.606. The zero-order chi connectivity index (χ0) is 15.5. The van der Waals surface area contributed by atoms with E-state index in [4.69, 9.17) is 4.74 Å². The minimum absolute atomic E-state index is 0.0687. The van der Waals surface area contributed by atoms with Crippen molar-refractivity contribution in [3.05, 3.63) is 36.0 Å². The molecule has 0 saturated heterocycles. The molecule has 0 aliphatic carbocycles. The highest BCUT2D eigenvalue weighted by molar-refractivity contribution is 7.99. The van der Waals surface area contributed by atoms with Gasteiger partial charge >= 0.3 is 6.18 Å². The van der Waals surface area contributed by atoms with Gasteiger partial charge in [0.2, 0.25) is 5.95 Å². The fourth-order valence-corrected chi connectivity index (χ4v) is 2.32. The van der Waals surface area contributed by atoms with Gasteiger partial charge in [-0.15, -0.1) is 0 Å². The van der Waals surface area contributed by atoms with Crippen LogP contribution in [0, 0.1) is 0 Å². The lowest BCUT2D eigenvalue weighted by molar-refractivity contribution is -0.141. The van der Waals surface area contributed by atoms with Crippen molar-refractivity contribution in [2.45, 2.75) is 16.1 Å². The standard InChI is InChI=1S/C13H12F3N3OS/c1-17-12-18-10(13(14,15)16)7-11(19-12)21-9-5-3-8(20-2)4-6-9/h3-7H,1-2H3,(H,17,18,19). The molecule has 0 spiro atoms. The van der Waals surface area contributed by atoms with Gasteiger partial charge in [-0.3, -0.25) is 0 Å². The number of benzene rings is 1. The molecule has 0 amide bonds. The van der Waals surface area contributed by atoms with E-state index in [9.17, 15) is 13.2 Å². The van der Waals surface area contributed by atoms with Crippen LogP contribution in [0.3, 0.4) is 0 Å². The quantitative estimate of drug-likeness (QED) is 0.872. The maximum absolute atomic E-state index is 12.8. The Labute approximate surface area is 123 Å². The Morgan fingerprint density at radius 3 is 2.33 bits per heavy atom. The number of alkyl halides is 3. The third-order valence-electron chi connectivity index (χ3n) is 2.50. The second-order valence-corrected chi connectivity index (χ2v) is 5.03. The molecule has 112 valence electrons. The Kier molecular flexibility index (Phi) is 4.56. The largest absolute Gasteiger partial charge is 0.497 e. The molecule has 0 unspecified atom stereocenters. The van der Waals surface area contributed by atoms with E-state index in [-0.39, 0.29) is 11.0 Å². The predicted molar refractivity (Wildman–Crippen MR) is 73.7 cm³/mol. The molecule has 0 bridgehead atoms. The number of hydrogen-bond donors (Lipinski definition) is 1. The molecule has 4 nitrogen and oxygen atoms in total. The summed E-state index contributed by atoms with van der Waals surface area (Å²) in [7, 11) is 3.01. The van der Waals surface area contributed by atoms with Crippen LogP contribution in [0.4, 0.5) is 19.1 Å². The number of nitrogens with one attached hydrogen (secondary N) is 1. The van der Waals surface area contributed by atoms with Crippen molar-refractivity contribution in [2.24, 2.45) is 0 Å². The number of methoxy groups -OCH3 is 1. The first-order chi connectivity index (χ1) is 9.92. The molecule has 2 rings (SSSR count). The van der Waals surface area contributed by atoms with E-state index >= 15 is 0 Å². The van der Waals surface area contributed by atoms with Crippen molar-refractivity contribution in [3.8, 4) is 5.75 Å². The van der Waals surface area contributed by atoms with Crippen molar-refractivity contribution in [3.63, 3.8) is 0 Å². The summed E-state index contributed by atoms with van der Waals surface area (Å²) in [4.78, 5) is 8.18. The van der Waals surface area contributed by atoms with Crippen LogP contribution in [0.5, 0.6) is 5.75 Å². The molecule has 0 aliphatic heterocycles. The number of anilines is 1. The monoisotopic (exact) mass is 315 g/mol. The van der Waals surface area contributed by atoms with Gasteiger partial charge in [0.25, 0.3) is 0 Å². The van der Waals surface area contributed by atoms with Crippen molar-refractivity contribution >= 4 is 17.7 Å². The minimum atomic E-state index is -4.51. The van der Waals surface area contributed by atoms with Crippen LogP contribution in [0.15, 0.2) is 40.3 Å². The van der Waals surface area contributed by atoms with Crippen LogP contribution in [-0.4, -0.2) is 24.1 Å². The van der Waals surface area contributed by atoms with E-state index in [1.54, 1.807) is 31.4 Å². The molecule has 0 aliphatic rings. The summed E-state index contributed by atoms with van der Waals surface area (Å²) >= 11 is 1.12. The number of halogens is 3. The minimum Gasteiger partial charge on any atom is -0.497 e. The van der Waals surface area contributed by atoms with Crippen LogP contribution in [0.2, 0.25) is 0 Å². The SMILES string of the molecule is CNc1nc(Sc2ccc(OC)cc2)cc(C(F)(F)F)n1. The van der Waals surface area contributed by atoms with E-state index in [2.05, 4.69) is 15.3 Å². The van der Waals surface area contributed by atoms with Gasteiger partial charge in [-0.25, -0.2) is 9.97 Å². The molecule has 0 saturated carbocycles. The van der Waals surface area contributed by atoms with Gasteiger partial charge in [0.05, 0.1) is 7.11 Å². The molecule has 21 heavy (non-hydrogen) atoms. The number of aromatic nitrogens is 2. The summed E-state index contributed by atoms with van der Waals surface area (Å²) in [6.45, 7) is 0. The van der Waals surface area contributed by atoms with E-state index < -0.39 is 11.9 Å². The fourth-order valence-electron chi connectivity index (χ4n) is 1.50. The lowest BCUT2D eigenvalue weighted by Gasteiger charge is -2.10. The highest BCUT2D eigenvalue weighted by Crippen LogP contribution is 2.33. The summed E-state index contributed by atoms with van der Waals surface area (Å²) in [6, 6.07) is 7.88. The second-order valence-electron chi connectivity index (χ2n) is 3.94. The first-order valence-corrected chi connectivity index (χ1v) is 6.70. The van der Waals surface area contributed by atoms with Crippen LogP contribution in [-0.2, 0) is 6.18 Å². The molecule has 2 aromatic rings. The van der Waals surface area contributed by atoms with Crippen LogP contribution in [0.25, 0.3) is 0 Å². The average Bonchev–Trinajstić information content (AvgIpc) is 2.46.